The molecule has 276 valence electrons. The molecule has 1 saturated heterocycles. The molecule has 0 radical (unpaired) electrons. The third-order valence-electron chi connectivity index (χ3n) is 9.52. The molecule has 1 aliphatic heterocycles. The van der Waals surface area contributed by atoms with E-state index in [-0.39, 0.29) is 48.2 Å². The van der Waals surface area contributed by atoms with Crippen LogP contribution >= 0.6 is 11.3 Å². The van der Waals surface area contributed by atoms with Crippen molar-refractivity contribution in [3.8, 4) is 0 Å². The maximum Gasteiger partial charge on any atom is 0.306 e. The highest BCUT2D eigenvalue weighted by molar-refractivity contribution is 7.09. The lowest BCUT2D eigenvalue weighted by molar-refractivity contribution is -0.147. The van der Waals surface area contributed by atoms with Crippen molar-refractivity contribution < 1.29 is 33.8 Å². The molecule has 2 aromatic rings. The largest absolute Gasteiger partial charge is 0.481 e. The number of hydrogen-bond acceptors (Lipinski definition) is 9. The van der Waals surface area contributed by atoms with Crippen LogP contribution in [0.3, 0.4) is 0 Å². The number of carbonyl (C=O) groups excluding carboxylic acids is 4. The molecule has 12 nitrogen and oxygen atoms in total. The first-order valence-electron chi connectivity index (χ1n) is 17.7. The Kier molecular flexibility index (Phi) is 15.8. The predicted octanol–water partition coefficient (Wildman–Crippen LogP) is 4.75. The molecule has 0 spiro atoms. The van der Waals surface area contributed by atoms with Crippen LogP contribution in [0.4, 0.5) is 0 Å². The van der Waals surface area contributed by atoms with Crippen molar-refractivity contribution in [2.24, 2.45) is 17.8 Å². The van der Waals surface area contributed by atoms with Crippen LogP contribution in [0.15, 0.2) is 35.7 Å². The maximum atomic E-state index is 13.8. The van der Waals surface area contributed by atoms with Gasteiger partial charge in [-0.25, -0.2) is 4.98 Å². The van der Waals surface area contributed by atoms with Crippen molar-refractivity contribution in [3.63, 3.8) is 0 Å². The number of carboxylic acid groups (broad SMARTS) is 1. The molecule has 1 aliphatic rings. The Hall–Kier alpha value is -3.84. The van der Waals surface area contributed by atoms with Gasteiger partial charge < -0.3 is 25.8 Å². The molecule has 1 fully saturated rings. The van der Waals surface area contributed by atoms with Crippen molar-refractivity contribution in [2.75, 3.05) is 13.6 Å². The summed E-state index contributed by atoms with van der Waals surface area (Å²) in [5, 5.41) is 20.6. The lowest BCUT2D eigenvalue weighted by atomic mass is 9.94. The number of rotatable bonds is 18. The number of aromatic nitrogens is 1. The maximum absolute atomic E-state index is 13.8. The number of nitrogens with zero attached hydrogens (tertiary/aromatic N) is 2. The van der Waals surface area contributed by atoms with Crippen molar-refractivity contribution in [2.45, 2.75) is 117 Å². The Morgan fingerprint density at radius 1 is 1.02 bits per heavy atom. The minimum Gasteiger partial charge on any atom is -0.481 e. The van der Waals surface area contributed by atoms with E-state index < -0.39 is 48.0 Å². The van der Waals surface area contributed by atoms with Crippen molar-refractivity contribution in [1.29, 1.82) is 0 Å². The van der Waals surface area contributed by atoms with E-state index in [2.05, 4.69) is 20.9 Å². The molecule has 13 heteroatoms. The van der Waals surface area contributed by atoms with Crippen LogP contribution in [0.25, 0.3) is 0 Å². The first-order chi connectivity index (χ1) is 23.7. The first-order valence-corrected chi connectivity index (χ1v) is 18.6. The van der Waals surface area contributed by atoms with Crippen molar-refractivity contribution in [1.82, 2.24) is 25.8 Å². The Balaban J connectivity index is 1.76. The summed E-state index contributed by atoms with van der Waals surface area (Å²) in [6, 6.07) is 7.61. The Bertz CT molecular complexity index is 1430. The molecule has 3 amide bonds. The van der Waals surface area contributed by atoms with E-state index in [1.807, 2.05) is 70.0 Å². The lowest BCUT2D eigenvalue weighted by Crippen LogP contribution is -2.57. The molecular formula is C37H55N5O7S. The quantitative estimate of drug-likeness (QED) is 0.160. The molecule has 0 saturated carbocycles. The van der Waals surface area contributed by atoms with Crippen molar-refractivity contribution >= 4 is 41.0 Å². The zero-order chi connectivity index (χ0) is 37.0. The van der Waals surface area contributed by atoms with Gasteiger partial charge in [-0.3, -0.25) is 28.9 Å². The molecule has 0 aliphatic carbocycles. The summed E-state index contributed by atoms with van der Waals surface area (Å²) >= 11 is 1.17. The Morgan fingerprint density at radius 3 is 2.32 bits per heavy atom. The van der Waals surface area contributed by atoms with E-state index in [0.29, 0.717) is 17.8 Å². The highest BCUT2D eigenvalue weighted by Gasteiger charge is 2.34. The molecule has 0 unspecified atom stereocenters. The summed E-state index contributed by atoms with van der Waals surface area (Å²) in [7, 11) is 1.93. The van der Waals surface area contributed by atoms with Gasteiger partial charge in [0.25, 0.3) is 5.91 Å². The molecule has 1 aromatic heterocycles. The summed E-state index contributed by atoms with van der Waals surface area (Å²) in [6.45, 7) is 11.6. The van der Waals surface area contributed by atoms with Crippen molar-refractivity contribution in [3.05, 3.63) is 52.0 Å². The van der Waals surface area contributed by atoms with Crippen LogP contribution in [-0.4, -0.2) is 82.4 Å². The average Bonchev–Trinajstić information content (AvgIpc) is 3.57. The number of hydrogen-bond donors (Lipinski definition) is 4. The normalized spacial score (nSPS) is 18.6. The van der Waals surface area contributed by atoms with E-state index in [0.717, 1.165) is 31.4 Å². The number of benzene rings is 1. The summed E-state index contributed by atoms with van der Waals surface area (Å²) in [4.78, 5) is 70.9. The van der Waals surface area contributed by atoms with Crippen LogP contribution in [0, 0.1) is 17.8 Å². The topological polar surface area (TPSA) is 167 Å². The fourth-order valence-electron chi connectivity index (χ4n) is 6.18. The first kappa shape index (κ1) is 40.6. The average molecular weight is 714 g/mol. The van der Waals surface area contributed by atoms with E-state index in [1.165, 1.54) is 18.3 Å². The molecule has 50 heavy (non-hydrogen) atoms. The number of thiazole rings is 1. The molecule has 0 bridgehead atoms. The summed E-state index contributed by atoms with van der Waals surface area (Å²) < 4.78 is 5.70. The second-order valence-electron chi connectivity index (χ2n) is 14.0. The lowest BCUT2D eigenvalue weighted by Gasteiger charge is -2.34. The highest BCUT2D eigenvalue weighted by Crippen LogP contribution is 2.29. The minimum atomic E-state index is -0.945. The van der Waals surface area contributed by atoms with Gasteiger partial charge in [0, 0.05) is 30.8 Å². The SMILES string of the molecule is CC[C@H](C)[C@H](NC(=O)[C@@H]1CCCCN1C)C(=O)N[C@H](C[C@@H](OC(C)=O)c1nc(C(=O)N[C@H](Cc2ccccc2)C[C@H](C)C(=O)O)cs1)C(C)C. The van der Waals surface area contributed by atoms with E-state index >= 15 is 0 Å². The summed E-state index contributed by atoms with van der Waals surface area (Å²) in [5.41, 5.74) is 1.09. The van der Waals surface area contributed by atoms with Crippen LogP contribution in [-0.2, 0) is 30.3 Å². The fraction of sp³-hybridized carbons (Fsp3) is 0.622. The smallest absolute Gasteiger partial charge is 0.306 e. The van der Waals surface area contributed by atoms with Gasteiger partial charge in [0.1, 0.15) is 16.7 Å². The van der Waals surface area contributed by atoms with Gasteiger partial charge in [-0.05, 0) is 56.7 Å². The van der Waals surface area contributed by atoms with Gasteiger partial charge in [0.15, 0.2) is 6.10 Å². The van der Waals surface area contributed by atoms with Gasteiger partial charge in [-0.1, -0.05) is 77.8 Å². The van der Waals surface area contributed by atoms with Gasteiger partial charge in [-0.2, -0.15) is 0 Å². The molecule has 2 heterocycles. The van der Waals surface area contributed by atoms with Gasteiger partial charge in [0.05, 0.1) is 12.0 Å². The number of nitrogens with one attached hydrogen (secondary N) is 3. The van der Waals surface area contributed by atoms with Crippen LogP contribution in [0.2, 0.25) is 0 Å². The number of amides is 3. The number of carbonyl (C=O) groups is 5. The number of esters is 1. The number of likely N-dealkylation sites (tertiary alicyclic amines) is 1. The minimum absolute atomic E-state index is 0.0625. The zero-order valence-corrected chi connectivity index (χ0v) is 31.3. The standard InChI is InChI=1S/C37H55N5O7S/c1-8-23(4)32(41-34(45)30-16-12-13-17-42(30)7)35(46)39-28(22(2)3)20-31(49-25(6)43)36-40-29(21-50-36)33(44)38-27(18-24(5)37(47)48)19-26-14-10-9-11-15-26/h9-11,14-15,21-24,27-28,30-32H,8,12-13,16-20H2,1-7H3,(H,38,44)(H,39,46)(H,41,45)(H,47,48)/t23-,24-,27-,28+,30-,31+,32-/m0/s1. The third kappa shape index (κ3) is 12.2. The monoisotopic (exact) mass is 713 g/mol. The van der Waals surface area contributed by atoms with Gasteiger partial charge in [-0.15, -0.1) is 11.3 Å². The molecular weight excluding hydrogens is 659 g/mol. The number of piperidine rings is 1. The number of ether oxygens (including phenoxy) is 1. The summed E-state index contributed by atoms with van der Waals surface area (Å²) in [6.07, 6.45) is 3.49. The van der Waals surface area contributed by atoms with Crippen LogP contribution in [0.5, 0.6) is 0 Å². The van der Waals surface area contributed by atoms with E-state index in [4.69, 9.17) is 4.74 Å². The summed E-state index contributed by atoms with van der Waals surface area (Å²) in [5.74, 6) is -3.24. The van der Waals surface area contributed by atoms with Crippen LogP contribution < -0.4 is 16.0 Å². The molecule has 1 aromatic carbocycles. The van der Waals surface area contributed by atoms with Crippen LogP contribution in [0.1, 0.15) is 107 Å². The second-order valence-corrected chi connectivity index (χ2v) is 14.9. The van der Waals surface area contributed by atoms with Gasteiger partial charge in [0.2, 0.25) is 11.8 Å². The number of aliphatic carboxylic acids is 1. The molecule has 3 rings (SSSR count). The molecule has 4 N–H and O–H groups in total. The highest BCUT2D eigenvalue weighted by atomic mass is 32.1. The fourth-order valence-corrected chi connectivity index (χ4v) is 7.02. The van der Waals surface area contributed by atoms with E-state index in [9.17, 15) is 29.1 Å². The van der Waals surface area contributed by atoms with E-state index in [1.54, 1.807) is 12.3 Å². The second kappa shape index (κ2) is 19.5. The molecule has 7 atom stereocenters. The Labute approximate surface area is 300 Å². The predicted molar refractivity (Wildman–Crippen MR) is 192 cm³/mol. The third-order valence-corrected chi connectivity index (χ3v) is 10.5. The van der Waals surface area contributed by atoms with Gasteiger partial charge >= 0.3 is 11.9 Å². The number of likely N-dealkylation sites (N-methyl/N-ethyl adjacent to an activating group) is 1. The zero-order valence-electron chi connectivity index (χ0n) is 30.4. The number of carboxylic acids is 1. The Morgan fingerprint density at radius 2 is 1.72 bits per heavy atom.